The van der Waals surface area contributed by atoms with Crippen LogP contribution in [0.4, 0.5) is 5.82 Å². The van der Waals surface area contributed by atoms with Crippen molar-refractivity contribution < 1.29 is 9.53 Å². The van der Waals surface area contributed by atoms with E-state index >= 15 is 0 Å². The number of methoxy groups -OCH3 is 1. The summed E-state index contributed by atoms with van der Waals surface area (Å²) >= 11 is 0. The van der Waals surface area contributed by atoms with Crippen molar-refractivity contribution in [1.82, 2.24) is 20.1 Å². The Morgan fingerprint density at radius 2 is 2.00 bits per heavy atom. The summed E-state index contributed by atoms with van der Waals surface area (Å²) in [5.41, 5.74) is 2.61. The molecule has 0 atom stereocenters. The molecular formula is C21H25N5O2. The maximum atomic E-state index is 12.3. The number of carbonyl (C=O) groups excluding carboxylic acids is 1. The van der Waals surface area contributed by atoms with E-state index < -0.39 is 0 Å². The number of pyridine rings is 1. The first-order valence-electron chi connectivity index (χ1n) is 9.54. The number of nitrogens with one attached hydrogen (secondary N) is 1. The van der Waals surface area contributed by atoms with Gasteiger partial charge in [-0.25, -0.2) is 4.98 Å². The molecule has 7 heteroatoms. The van der Waals surface area contributed by atoms with Crippen molar-refractivity contribution in [3.05, 3.63) is 47.8 Å². The molecule has 0 radical (unpaired) electrons. The molecule has 0 saturated carbocycles. The molecule has 1 N–H and O–H groups in total. The number of hydrogen-bond donors (Lipinski definition) is 1. The van der Waals surface area contributed by atoms with Crippen molar-refractivity contribution in [2.24, 2.45) is 7.05 Å². The largest absolute Gasteiger partial charge is 0.497 e. The minimum absolute atomic E-state index is 0.106. The molecule has 1 fully saturated rings. The molecule has 3 heterocycles. The van der Waals surface area contributed by atoms with Gasteiger partial charge in [0.15, 0.2) is 0 Å². The minimum Gasteiger partial charge on any atom is -0.497 e. The second-order valence-corrected chi connectivity index (χ2v) is 7.29. The van der Waals surface area contributed by atoms with Gasteiger partial charge in [0.2, 0.25) is 0 Å². The van der Waals surface area contributed by atoms with Crippen LogP contribution in [0.3, 0.4) is 0 Å². The summed E-state index contributed by atoms with van der Waals surface area (Å²) in [6.45, 7) is 3.82. The second kappa shape index (κ2) is 7.50. The Bertz CT molecular complexity index is 1010. The molecule has 1 saturated heterocycles. The normalized spacial score (nSPS) is 15.0. The second-order valence-electron chi connectivity index (χ2n) is 7.29. The van der Waals surface area contributed by atoms with Crippen LogP contribution < -0.4 is 15.0 Å². The number of nitrogens with zero attached hydrogens (tertiary/aromatic N) is 4. The van der Waals surface area contributed by atoms with Gasteiger partial charge in [0, 0.05) is 43.8 Å². The lowest BCUT2D eigenvalue weighted by Crippen LogP contribution is -2.45. The third-order valence-corrected chi connectivity index (χ3v) is 5.31. The molecule has 2 aromatic heterocycles. The zero-order valence-corrected chi connectivity index (χ0v) is 16.5. The average molecular weight is 379 g/mol. The van der Waals surface area contributed by atoms with E-state index in [9.17, 15) is 4.79 Å². The Labute approximate surface area is 164 Å². The number of amides is 1. The predicted molar refractivity (Wildman–Crippen MR) is 109 cm³/mol. The number of rotatable bonds is 4. The number of ether oxygens (including phenoxy) is 1. The third kappa shape index (κ3) is 3.65. The monoisotopic (exact) mass is 379 g/mol. The summed E-state index contributed by atoms with van der Waals surface area (Å²) in [4.78, 5) is 19.4. The van der Waals surface area contributed by atoms with Crippen molar-refractivity contribution in [2.45, 2.75) is 25.8 Å². The van der Waals surface area contributed by atoms with Crippen molar-refractivity contribution in [3.8, 4) is 5.75 Å². The van der Waals surface area contributed by atoms with Gasteiger partial charge in [-0.05, 0) is 49.6 Å². The number of anilines is 1. The van der Waals surface area contributed by atoms with Crippen LogP contribution in [0.1, 0.15) is 28.9 Å². The highest BCUT2D eigenvalue weighted by Crippen LogP contribution is 2.27. The van der Waals surface area contributed by atoms with Gasteiger partial charge in [0.1, 0.15) is 17.3 Å². The maximum absolute atomic E-state index is 12.3. The average Bonchev–Trinajstić information content (AvgIpc) is 3.14. The van der Waals surface area contributed by atoms with Gasteiger partial charge in [-0.1, -0.05) is 0 Å². The molecule has 1 aliphatic heterocycles. The number of benzene rings is 1. The zero-order valence-electron chi connectivity index (χ0n) is 16.5. The van der Waals surface area contributed by atoms with Crippen LogP contribution in [0.2, 0.25) is 0 Å². The highest BCUT2D eigenvalue weighted by molar-refractivity contribution is 5.92. The van der Waals surface area contributed by atoms with Gasteiger partial charge in [-0.3, -0.25) is 9.48 Å². The molecule has 1 aromatic carbocycles. The fraction of sp³-hybridized carbons (Fsp3) is 0.381. The first-order valence-corrected chi connectivity index (χ1v) is 9.54. The van der Waals surface area contributed by atoms with E-state index in [2.05, 4.69) is 34.4 Å². The van der Waals surface area contributed by atoms with Gasteiger partial charge < -0.3 is 15.0 Å². The summed E-state index contributed by atoms with van der Waals surface area (Å²) in [5.74, 6) is 1.69. The Balaban J connectivity index is 1.44. The van der Waals surface area contributed by atoms with Gasteiger partial charge >= 0.3 is 0 Å². The third-order valence-electron chi connectivity index (χ3n) is 5.31. The lowest BCUT2D eigenvalue weighted by Gasteiger charge is -2.33. The summed E-state index contributed by atoms with van der Waals surface area (Å²) in [6.07, 6.45) is 3.55. The fourth-order valence-electron chi connectivity index (χ4n) is 3.70. The molecule has 146 valence electrons. The molecule has 28 heavy (non-hydrogen) atoms. The molecule has 0 unspecified atom stereocenters. The zero-order chi connectivity index (χ0) is 19.7. The molecule has 4 rings (SSSR count). The van der Waals surface area contributed by atoms with Gasteiger partial charge in [-0.2, -0.15) is 5.10 Å². The number of hydrogen-bond acceptors (Lipinski definition) is 5. The van der Waals surface area contributed by atoms with Crippen LogP contribution in [-0.2, 0) is 7.05 Å². The van der Waals surface area contributed by atoms with E-state index in [1.165, 1.54) is 5.56 Å². The predicted octanol–water partition coefficient (Wildman–Crippen LogP) is 2.68. The highest BCUT2D eigenvalue weighted by Gasteiger charge is 2.23. The van der Waals surface area contributed by atoms with Gasteiger partial charge in [-0.15, -0.1) is 0 Å². The van der Waals surface area contributed by atoms with E-state index in [0.29, 0.717) is 5.69 Å². The van der Waals surface area contributed by atoms with Crippen molar-refractivity contribution in [2.75, 3.05) is 25.1 Å². The molecule has 7 nitrogen and oxygen atoms in total. The van der Waals surface area contributed by atoms with Crippen LogP contribution in [0.25, 0.3) is 10.9 Å². The number of carbonyl (C=O) groups is 1. The van der Waals surface area contributed by atoms with Crippen LogP contribution >= 0.6 is 0 Å². The standard InChI is InChI=1S/C21H25N5O2/c1-14-12-20(23-19-13-16(28-3)4-5-17(14)19)26-10-6-15(7-11-26)22-21(27)18-8-9-25(2)24-18/h4-5,8-9,12-13,15H,6-7,10-11H2,1-3H3,(H,22,27). The van der Waals surface area contributed by atoms with Gasteiger partial charge in [0.25, 0.3) is 5.91 Å². The Morgan fingerprint density at radius 1 is 1.21 bits per heavy atom. The maximum Gasteiger partial charge on any atom is 0.271 e. The van der Waals surface area contributed by atoms with Crippen LogP contribution in [0, 0.1) is 6.92 Å². The number of piperidine rings is 1. The molecule has 0 aliphatic carbocycles. The first kappa shape index (κ1) is 18.3. The summed E-state index contributed by atoms with van der Waals surface area (Å²) < 4.78 is 6.98. The van der Waals surface area contributed by atoms with Crippen molar-refractivity contribution in [3.63, 3.8) is 0 Å². The number of aromatic nitrogens is 3. The fourth-order valence-corrected chi connectivity index (χ4v) is 3.70. The molecular weight excluding hydrogens is 354 g/mol. The van der Waals surface area contributed by atoms with Gasteiger partial charge in [0.05, 0.1) is 12.6 Å². The molecule has 0 bridgehead atoms. The van der Waals surface area contributed by atoms with Crippen LogP contribution in [0.5, 0.6) is 5.75 Å². The lowest BCUT2D eigenvalue weighted by atomic mass is 10.0. The SMILES string of the molecule is COc1ccc2c(C)cc(N3CCC(NC(=O)c4ccn(C)n4)CC3)nc2c1. The smallest absolute Gasteiger partial charge is 0.271 e. The summed E-state index contributed by atoms with van der Waals surface area (Å²) in [7, 11) is 3.48. The van der Waals surface area contributed by atoms with E-state index in [0.717, 1.165) is 48.4 Å². The van der Waals surface area contributed by atoms with Crippen LogP contribution in [0.15, 0.2) is 36.5 Å². The highest BCUT2D eigenvalue weighted by atomic mass is 16.5. The van der Waals surface area contributed by atoms with E-state index in [1.54, 1.807) is 24.1 Å². The summed E-state index contributed by atoms with van der Waals surface area (Å²) in [5, 5.41) is 8.40. The Hall–Kier alpha value is -3.09. The number of fused-ring (bicyclic) bond motifs is 1. The Kier molecular flexibility index (Phi) is 4.90. The lowest BCUT2D eigenvalue weighted by molar-refractivity contribution is 0.0925. The van der Waals surface area contributed by atoms with E-state index in [4.69, 9.17) is 9.72 Å². The molecule has 0 spiro atoms. The topological polar surface area (TPSA) is 72.3 Å². The molecule has 1 amide bonds. The van der Waals surface area contributed by atoms with Crippen molar-refractivity contribution >= 4 is 22.6 Å². The van der Waals surface area contributed by atoms with Crippen LogP contribution in [-0.4, -0.2) is 46.9 Å². The Morgan fingerprint density at radius 3 is 2.68 bits per heavy atom. The quantitative estimate of drug-likeness (QED) is 0.755. The van der Waals surface area contributed by atoms with E-state index in [-0.39, 0.29) is 11.9 Å². The minimum atomic E-state index is -0.106. The molecule has 3 aromatic rings. The van der Waals surface area contributed by atoms with Crippen molar-refractivity contribution in [1.29, 1.82) is 0 Å². The van der Waals surface area contributed by atoms with E-state index in [1.807, 2.05) is 19.2 Å². The number of aryl methyl sites for hydroxylation is 2. The summed E-state index contributed by atoms with van der Waals surface area (Å²) in [6, 6.07) is 10.0. The first-order chi connectivity index (χ1) is 13.5. The molecule has 1 aliphatic rings.